The Bertz CT molecular complexity index is 981. The summed E-state index contributed by atoms with van der Waals surface area (Å²) in [6.07, 6.45) is 1.61. The monoisotopic (exact) mass is 361 g/mol. The molecule has 0 aliphatic carbocycles. The number of nitrogens with zero attached hydrogens (tertiary/aromatic N) is 3. The number of benzene rings is 2. The van der Waals surface area contributed by atoms with Crippen LogP contribution in [0.15, 0.2) is 36.4 Å². The summed E-state index contributed by atoms with van der Waals surface area (Å²) in [4.78, 5) is 4.51. The van der Waals surface area contributed by atoms with E-state index in [1.54, 1.807) is 18.2 Å². The summed E-state index contributed by atoms with van der Waals surface area (Å²) in [6.45, 7) is 0. The average molecular weight is 363 g/mol. The van der Waals surface area contributed by atoms with E-state index >= 15 is 0 Å². The lowest BCUT2D eigenvalue weighted by molar-refractivity contribution is 0.925. The van der Waals surface area contributed by atoms with E-state index in [2.05, 4.69) is 11.1 Å². The average Bonchev–Trinajstić information content (AvgIpc) is 2.89. The van der Waals surface area contributed by atoms with Gasteiger partial charge in [-0.3, -0.25) is 0 Å². The lowest BCUT2D eigenvalue weighted by Gasteiger charge is -2.06. The summed E-state index contributed by atoms with van der Waals surface area (Å²) in [5.74, 6) is 0.542. The Morgan fingerprint density at radius 3 is 2.52 bits per heavy atom. The van der Waals surface area contributed by atoms with Crippen molar-refractivity contribution in [3.8, 4) is 6.07 Å². The smallest absolute Gasteiger partial charge is 0.151 e. The molecule has 0 aliphatic heterocycles. The number of hydrogen-bond donors (Lipinski definition) is 0. The summed E-state index contributed by atoms with van der Waals surface area (Å²) < 4.78 is 1.86. The SMILES string of the molecule is Cn1c(C(C#N)=Cc2c(Cl)ccc(Cl)c2Cl)nc2ccccc21. The van der Waals surface area contributed by atoms with E-state index in [-0.39, 0.29) is 0 Å². The molecule has 0 aliphatic rings. The summed E-state index contributed by atoms with van der Waals surface area (Å²) in [5, 5.41) is 10.7. The molecule has 1 aromatic heterocycles. The van der Waals surface area contributed by atoms with Crippen molar-refractivity contribution in [3.63, 3.8) is 0 Å². The molecule has 1 heterocycles. The van der Waals surface area contributed by atoms with Gasteiger partial charge in [0.15, 0.2) is 5.82 Å². The van der Waals surface area contributed by atoms with Gasteiger partial charge in [0.2, 0.25) is 0 Å². The summed E-state index contributed by atoms with van der Waals surface area (Å²) >= 11 is 18.4. The molecule has 0 N–H and O–H groups in total. The summed E-state index contributed by atoms with van der Waals surface area (Å²) in [5.41, 5.74) is 2.61. The van der Waals surface area contributed by atoms with Crippen LogP contribution in [-0.4, -0.2) is 9.55 Å². The fourth-order valence-corrected chi connectivity index (χ4v) is 3.00. The van der Waals surface area contributed by atoms with Crippen LogP contribution in [0.2, 0.25) is 15.1 Å². The van der Waals surface area contributed by atoms with Crippen LogP contribution in [0.1, 0.15) is 11.4 Å². The fourth-order valence-electron chi connectivity index (χ4n) is 2.35. The molecule has 0 fully saturated rings. The number of imidazole rings is 1. The first kappa shape index (κ1) is 15.9. The number of rotatable bonds is 2. The van der Waals surface area contributed by atoms with Gasteiger partial charge in [-0.25, -0.2) is 4.98 Å². The van der Waals surface area contributed by atoms with Crippen molar-refractivity contribution >= 4 is 57.5 Å². The van der Waals surface area contributed by atoms with E-state index in [9.17, 15) is 5.26 Å². The zero-order valence-corrected chi connectivity index (χ0v) is 14.3. The van der Waals surface area contributed by atoms with E-state index < -0.39 is 0 Å². The van der Waals surface area contributed by atoms with Crippen molar-refractivity contribution in [2.75, 3.05) is 0 Å². The Hall–Kier alpha value is -1.99. The number of fused-ring (bicyclic) bond motifs is 1. The predicted molar refractivity (Wildman–Crippen MR) is 95.7 cm³/mol. The molecule has 0 radical (unpaired) electrons. The highest BCUT2D eigenvalue weighted by Gasteiger charge is 2.14. The van der Waals surface area contributed by atoms with Crippen LogP contribution in [0.3, 0.4) is 0 Å². The van der Waals surface area contributed by atoms with Gasteiger partial charge in [-0.2, -0.15) is 5.26 Å². The molecule has 0 spiro atoms. The number of hydrogen-bond acceptors (Lipinski definition) is 2. The predicted octanol–water partition coefficient (Wildman–Crippen LogP) is 5.60. The molecule has 114 valence electrons. The molecule has 0 saturated carbocycles. The van der Waals surface area contributed by atoms with Crippen LogP contribution in [0, 0.1) is 11.3 Å². The lowest BCUT2D eigenvalue weighted by Crippen LogP contribution is -1.96. The van der Waals surface area contributed by atoms with Crippen LogP contribution in [0.5, 0.6) is 0 Å². The lowest BCUT2D eigenvalue weighted by atomic mass is 10.1. The number of aryl methyl sites for hydroxylation is 1. The minimum Gasteiger partial charge on any atom is -0.327 e. The Labute approximate surface area is 148 Å². The van der Waals surface area contributed by atoms with Gasteiger partial charge >= 0.3 is 0 Å². The topological polar surface area (TPSA) is 41.6 Å². The molecule has 23 heavy (non-hydrogen) atoms. The maximum Gasteiger partial charge on any atom is 0.151 e. The zero-order valence-electron chi connectivity index (χ0n) is 12.0. The molecule has 6 heteroatoms. The summed E-state index contributed by atoms with van der Waals surface area (Å²) in [7, 11) is 1.86. The Balaban J connectivity index is 2.22. The highest BCUT2D eigenvalue weighted by Crippen LogP contribution is 2.34. The van der Waals surface area contributed by atoms with Gasteiger partial charge in [0.1, 0.15) is 6.07 Å². The first-order valence-corrected chi connectivity index (χ1v) is 7.83. The second-order valence-corrected chi connectivity index (χ2v) is 6.10. The van der Waals surface area contributed by atoms with Crippen LogP contribution in [0.25, 0.3) is 22.7 Å². The molecular weight excluding hydrogens is 353 g/mol. The molecule has 0 atom stereocenters. The summed E-state index contributed by atoms with van der Waals surface area (Å²) in [6, 6.07) is 13.1. The maximum atomic E-state index is 9.55. The Morgan fingerprint density at radius 2 is 1.83 bits per heavy atom. The third-order valence-corrected chi connectivity index (χ3v) is 4.67. The van der Waals surface area contributed by atoms with Crippen molar-refractivity contribution in [2.24, 2.45) is 7.05 Å². The standard InChI is InChI=1S/C17H10Cl3N3/c1-23-15-5-3-2-4-14(15)22-17(23)10(9-21)8-11-12(18)6-7-13(19)16(11)20/h2-8H,1H3. The van der Waals surface area contributed by atoms with Gasteiger partial charge in [-0.15, -0.1) is 0 Å². The number of para-hydroxylation sites is 2. The minimum atomic E-state index is 0.311. The van der Waals surface area contributed by atoms with Gasteiger partial charge in [0.05, 0.1) is 26.7 Å². The Morgan fingerprint density at radius 1 is 1.13 bits per heavy atom. The van der Waals surface area contributed by atoms with E-state index in [1.165, 1.54) is 0 Å². The molecular formula is C17H10Cl3N3. The van der Waals surface area contributed by atoms with Gasteiger partial charge in [-0.05, 0) is 30.3 Å². The van der Waals surface area contributed by atoms with Crippen molar-refractivity contribution < 1.29 is 0 Å². The van der Waals surface area contributed by atoms with Crippen LogP contribution < -0.4 is 0 Å². The zero-order chi connectivity index (χ0) is 16.6. The van der Waals surface area contributed by atoms with Crippen molar-refractivity contribution in [3.05, 3.63) is 62.9 Å². The van der Waals surface area contributed by atoms with Crippen LogP contribution >= 0.6 is 34.8 Å². The van der Waals surface area contributed by atoms with Gasteiger partial charge in [0, 0.05) is 17.6 Å². The molecule has 0 amide bonds. The normalized spacial score (nSPS) is 11.7. The Kier molecular flexibility index (Phi) is 4.32. The molecule has 3 rings (SSSR count). The van der Waals surface area contributed by atoms with Gasteiger partial charge < -0.3 is 4.57 Å². The van der Waals surface area contributed by atoms with E-state index in [0.29, 0.717) is 32.0 Å². The van der Waals surface area contributed by atoms with E-state index in [1.807, 2.05) is 35.9 Å². The van der Waals surface area contributed by atoms with E-state index in [0.717, 1.165) is 11.0 Å². The highest BCUT2D eigenvalue weighted by molar-refractivity contribution is 6.44. The van der Waals surface area contributed by atoms with Crippen molar-refractivity contribution in [1.82, 2.24) is 9.55 Å². The third kappa shape index (κ3) is 2.82. The quantitative estimate of drug-likeness (QED) is 0.440. The molecule has 0 unspecified atom stereocenters. The molecule has 2 aromatic carbocycles. The maximum absolute atomic E-state index is 9.55. The van der Waals surface area contributed by atoms with Crippen molar-refractivity contribution in [1.29, 1.82) is 5.26 Å². The van der Waals surface area contributed by atoms with Crippen LogP contribution in [-0.2, 0) is 7.05 Å². The molecule has 3 nitrogen and oxygen atoms in total. The number of allylic oxidation sites excluding steroid dienone is 1. The largest absolute Gasteiger partial charge is 0.327 e. The number of nitriles is 1. The number of halogens is 3. The first-order valence-electron chi connectivity index (χ1n) is 6.70. The van der Waals surface area contributed by atoms with Gasteiger partial charge in [0.25, 0.3) is 0 Å². The third-order valence-electron chi connectivity index (χ3n) is 3.52. The van der Waals surface area contributed by atoms with Crippen molar-refractivity contribution in [2.45, 2.75) is 0 Å². The first-order chi connectivity index (χ1) is 11.0. The van der Waals surface area contributed by atoms with Crippen LogP contribution in [0.4, 0.5) is 0 Å². The molecule has 3 aromatic rings. The number of aromatic nitrogens is 2. The second kappa shape index (κ2) is 6.25. The highest BCUT2D eigenvalue weighted by atomic mass is 35.5. The second-order valence-electron chi connectivity index (χ2n) is 4.91. The molecule has 0 bridgehead atoms. The fraction of sp³-hybridized carbons (Fsp3) is 0.0588. The minimum absolute atomic E-state index is 0.311. The molecule has 0 saturated heterocycles. The van der Waals surface area contributed by atoms with Gasteiger partial charge in [-0.1, -0.05) is 46.9 Å². The van der Waals surface area contributed by atoms with E-state index in [4.69, 9.17) is 34.8 Å².